The molecule has 0 aliphatic carbocycles. The van der Waals surface area contributed by atoms with Crippen LogP contribution in [-0.2, 0) is 20.4 Å². The van der Waals surface area contributed by atoms with Crippen molar-refractivity contribution in [2.24, 2.45) is 0 Å². The molecule has 1 heterocycles. The number of rotatable bonds is 3. The number of benzene rings is 3. The lowest BCUT2D eigenvalue weighted by Crippen LogP contribution is -2.29. The minimum Gasteiger partial charge on any atom is -0.507 e. The summed E-state index contributed by atoms with van der Waals surface area (Å²) in [6.07, 6.45) is 0. The van der Waals surface area contributed by atoms with Crippen LogP contribution in [0, 0.1) is 18.3 Å². The number of hydrogen-bond acceptors (Lipinski definition) is 4. The Kier molecular flexibility index (Phi) is 6.80. The van der Waals surface area contributed by atoms with Gasteiger partial charge in [-0.25, -0.2) is 0 Å². The van der Waals surface area contributed by atoms with Gasteiger partial charge in [-0.05, 0) is 70.3 Å². The van der Waals surface area contributed by atoms with E-state index in [0.29, 0.717) is 22.4 Å². The number of carbonyl (C=O) groups excluding carboxylic acids is 2. The Labute approximate surface area is 225 Å². The van der Waals surface area contributed by atoms with Gasteiger partial charge in [0.15, 0.2) is 0 Å². The van der Waals surface area contributed by atoms with Gasteiger partial charge in [-0.1, -0.05) is 77.9 Å². The fraction of sp³-hybridized carbons (Fsp3) is 0.303. The van der Waals surface area contributed by atoms with E-state index in [2.05, 4.69) is 47.6 Å². The highest BCUT2D eigenvalue weighted by atomic mass is 16.3. The highest BCUT2D eigenvalue weighted by molar-refractivity contribution is 6.51. The van der Waals surface area contributed by atoms with Crippen LogP contribution in [0.2, 0.25) is 0 Å². The van der Waals surface area contributed by atoms with Crippen LogP contribution in [0.5, 0.6) is 0 Å². The molecule has 3 aromatic carbocycles. The maximum atomic E-state index is 13.6. The zero-order valence-corrected chi connectivity index (χ0v) is 23.1. The summed E-state index contributed by atoms with van der Waals surface area (Å²) < 4.78 is 0. The van der Waals surface area contributed by atoms with Gasteiger partial charge >= 0.3 is 0 Å². The van der Waals surface area contributed by atoms with Crippen LogP contribution in [0.1, 0.15) is 81.0 Å². The standard InChI is InChI=1S/C33H34N2O3/c1-20-8-13-24(33(5,6)7)18-26(20)29(36)27-28(22-11-14-23(15-12-22)32(2,3)4)35(31(38)30(27)37)25-16-9-21(19-34)10-17-25/h8-18,28,36H,1-7H3/b29-27+. The van der Waals surface area contributed by atoms with E-state index in [4.69, 9.17) is 0 Å². The van der Waals surface area contributed by atoms with E-state index in [1.807, 2.05) is 49.4 Å². The second kappa shape index (κ2) is 9.61. The van der Waals surface area contributed by atoms with E-state index in [1.165, 1.54) is 4.90 Å². The van der Waals surface area contributed by atoms with Crippen molar-refractivity contribution in [3.63, 3.8) is 0 Å². The molecular formula is C33H34N2O3. The summed E-state index contributed by atoms with van der Waals surface area (Å²) in [5.74, 6) is -1.64. The number of Topliss-reactive ketones (excluding diaryl/α,β-unsaturated/α-hetero) is 1. The van der Waals surface area contributed by atoms with Crippen LogP contribution in [0.15, 0.2) is 72.3 Å². The molecule has 38 heavy (non-hydrogen) atoms. The fourth-order valence-corrected chi connectivity index (χ4v) is 4.76. The van der Waals surface area contributed by atoms with E-state index in [0.717, 1.165) is 16.7 Å². The van der Waals surface area contributed by atoms with E-state index < -0.39 is 17.7 Å². The molecule has 1 atom stereocenters. The molecule has 1 aliphatic heterocycles. The molecule has 0 saturated carbocycles. The van der Waals surface area contributed by atoms with E-state index >= 15 is 0 Å². The molecule has 5 nitrogen and oxygen atoms in total. The van der Waals surface area contributed by atoms with Gasteiger partial charge in [0.1, 0.15) is 5.76 Å². The van der Waals surface area contributed by atoms with Crippen molar-refractivity contribution >= 4 is 23.1 Å². The van der Waals surface area contributed by atoms with E-state index in [1.54, 1.807) is 24.3 Å². The SMILES string of the molecule is Cc1ccc(C(C)(C)C)cc1/C(O)=C1\C(=O)C(=O)N(c2ccc(C#N)cc2)C1c1ccc(C(C)(C)C)cc1. The van der Waals surface area contributed by atoms with Crippen LogP contribution in [0.3, 0.4) is 0 Å². The Morgan fingerprint density at radius 1 is 0.842 bits per heavy atom. The van der Waals surface area contributed by atoms with Crippen molar-refractivity contribution in [2.45, 2.75) is 65.3 Å². The molecule has 0 bridgehead atoms. The zero-order chi connectivity index (χ0) is 28.0. The summed E-state index contributed by atoms with van der Waals surface area (Å²) in [4.78, 5) is 28.5. The van der Waals surface area contributed by atoms with E-state index in [-0.39, 0.29) is 22.2 Å². The zero-order valence-electron chi connectivity index (χ0n) is 23.1. The minimum absolute atomic E-state index is 0.0528. The number of aliphatic hydroxyl groups is 1. The van der Waals surface area contributed by atoms with Gasteiger partial charge in [0.2, 0.25) is 0 Å². The number of amides is 1. The fourth-order valence-electron chi connectivity index (χ4n) is 4.76. The van der Waals surface area contributed by atoms with Gasteiger partial charge in [-0.2, -0.15) is 5.26 Å². The average molecular weight is 507 g/mol. The molecule has 1 N–H and O–H groups in total. The number of hydrogen-bond donors (Lipinski definition) is 1. The monoisotopic (exact) mass is 506 g/mol. The topological polar surface area (TPSA) is 81.4 Å². The van der Waals surface area contributed by atoms with Crippen molar-refractivity contribution in [3.05, 3.63) is 106 Å². The van der Waals surface area contributed by atoms with Gasteiger partial charge in [0.25, 0.3) is 11.7 Å². The van der Waals surface area contributed by atoms with Crippen LogP contribution in [0.25, 0.3) is 5.76 Å². The lowest BCUT2D eigenvalue weighted by atomic mass is 9.84. The molecule has 1 fully saturated rings. The summed E-state index contributed by atoms with van der Waals surface area (Å²) in [5, 5.41) is 20.9. The second-order valence-electron chi connectivity index (χ2n) is 12.0. The lowest BCUT2D eigenvalue weighted by Gasteiger charge is -2.27. The number of carbonyl (C=O) groups is 2. The molecule has 4 rings (SSSR count). The highest BCUT2D eigenvalue weighted by Crippen LogP contribution is 2.43. The first kappa shape index (κ1) is 26.9. The van der Waals surface area contributed by atoms with Gasteiger partial charge in [-0.15, -0.1) is 0 Å². The van der Waals surface area contributed by atoms with E-state index in [9.17, 15) is 20.0 Å². The molecule has 194 valence electrons. The summed E-state index contributed by atoms with van der Waals surface area (Å²) >= 11 is 0. The highest BCUT2D eigenvalue weighted by Gasteiger charge is 2.47. The first-order valence-corrected chi connectivity index (χ1v) is 12.8. The molecule has 0 spiro atoms. The molecule has 0 aromatic heterocycles. The molecule has 1 aliphatic rings. The number of ketones is 1. The van der Waals surface area contributed by atoms with Crippen molar-refractivity contribution < 1.29 is 14.7 Å². The molecule has 1 unspecified atom stereocenters. The quantitative estimate of drug-likeness (QED) is 0.234. The van der Waals surface area contributed by atoms with Crippen LogP contribution >= 0.6 is 0 Å². The Balaban J connectivity index is 1.97. The first-order valence-electron chi connectivity index (χ1n) is 12.8. The maximum absolute atomic E-state index is 13.6. The Morgan fingerprint density at radius 3 is 1.92 bits per heavy atom. The molecule has 5 heteroatoms. The van der Waals surface area contributed by atoms with Crippen molar-refractivity contribution in [2.75, 3.05) is 4.90 Å². The third kappa shape index (κ3) is 4.87. The van der Waals surface area contributed by atoms with Gasteiger partial charge in [0, 0.05) is 11.3 Å². The van der Waals surface area contributed by atoms with Gasteiger partial charge < -0.3 is 5.11 Å². The smallest absolute Gasteiger partial charge is 0.300 e. The predicted octanol–water partition coefficient (Wildman–Crippen LogP) is 7.09. The third-order valence-electron chi connectivity index (χ3n) is 7.17. The van der Waals surface area contributed by atoms with Crippen molar-refractivity contribution in [3.8, 4) is 6.07 Å². The summed E-state index contributed by atoms with van der Waals surface area (Å²) in [7, 11) is 0. The molecule has 1 saturated heterocycles. The normalized spacial score (nSPS) is 17.5. The number of aliphatic hydroxyl groups excluding tert-OH is 1. The number of nitrogens with zero attached hydrogens (tertiary/aromatic N) is 2. The van der Waals surface area contributed by atoms with Crippen molar-refractivity contribution in [1.82, 2.24) is 0 Å². The molecule has 1 amide bonds. The Morgan fingerprint density at radius 2 is 1.39 bits per heavy atom. The third-order valence-corrected chi connectivity index (χ3v) is 7.17. The first-order chi connectivity index (χ1) is 17.7. The maximum Gasteiger partial charge on any atom is 0.300 e. The summed E-state index contributed by atoms with van der Waals surface area (Å²) in [5.41, 5.74) is 4.93. The van der Waals surface area contributed by atoms with Crippen LogP contribution in [-0.4, -0.2) is 16.8 Å². The molecule has 0 radical (unpaired) electrons. The molecule has 3 aromatic rings. The predicted molar refractivity (Wildman–Crippen MR) is 151 cm³/mol. The Hall–Kier alpha value is -4.17. The second-order valence-corrected chi connectivity index (χ2v) is 12.0. The van der Waals surface area contributed by atoms with Gasteiger partial charge in [0.05, 0.1) is 23.2 Å². The average Bonchev–Trinajstić information content (AvgIpc) is 3.13. The number of nitriles is 1. The van der Waals surface area contributed by atoms with Gasteiger partial charge in [-0.3, -0.25) is 14.5 Å². The number of anilines is 1. The van der Waals surface area contributed by atoms with Crippen LogP contribution in [0.4, 0.5) is 5.69 Å². The number of aryl methyl sites for hydroxylation is 1. The summed E-state index contributed by atoms with van der Waals surface area (Å²) in [6, 6.07) is 21.5. The molecular weight excluding hydrogens is 472 g/mol. The summed E-state index contributed by atoms with van der Waals surface area (Å²) in [6.45, 7) is 14.5. The largest absolute Gasteiger partial charge is 0.507 e. The van der Waals surface area contributed by atoms with Crippen LogP contribution < -0.4 is 4.90 Å². The minimum atomic E-state index is -0.824. The van der Waals surface area contributed by atoms with Crippen molar-refractivity contribution in [1.29, 1.82) is 5.26 Å². The lowest BCUT2D eigenvalue weighted by molar-refractivity contribution is -0.132. The Bertz CT molecular complexity index is 1480.